The number of benzene rings is 2. The number of carbonyl (C=O) groups excluding carboxylic acids is 2. The Hall–Kier alpha value is -2.88. The summed E-state index contributed by atoms with van der Waals surface area (Å²) >= 11 is 0. The van der Waals surface area contributed by atoms with E-state index in [1.807, 2.05) is 0 Å². The van der Waals surface area contributed by atoms with Gasteiger partial charge in [0.25, 0.3) is 10.1 Å². The first-order chi connectivity index (χ1) is 18.0. The maximum absolute atomic E-state index is 12.6. The predicted molar refractivity (Wildman–Crippen MR) is 148 cm³/mol. The maximum atomic E-state index is 12.6. The zero-order chi connectivity index (χ0) is 29.4. The monoisotopic (exact) mass is 584 g/mol. The number of aryl methyl sites for hydroxylation is 1. The average molecular weight is 585 g/mol. The molecule has 0 saturated heterocycles. The Morgan fingerprint density at radius 3 is 1.95 bits per heavy atom. The number of hydrogen-bond acceptors (Lipinski definition) is 9. The molecule has 0 aliphatic carbocycles. The van der Waals surface area contributed by atoms with Gasteiger partial charge >= 0.3 is 18.4 Å². The third kappa shape index (κ3) is 10.7. The molecule has 2 aromatic carbocycles. The first-order valence-electron chi connectivity index (χ1n) is 12.4. The SMILES string of the molecule is CC(C)(C)C(=O)OC(OC(=O)C(C)(C)C)Oc1ccc(CCCCS(=O)(=O)O)c([PH2]=O)c1Oc1ccccc1. The maximum Gasteiger partial charge on any atom is 0.410 e. The van der Waals surface area contributed by atoms with Crippen LogP contribution in [-0.4, -0.2) is 37.1 Å². The Morgan fingerprint density at radius 1 is 0.897 bits per heavy atom. The summed E-state index contributed by atoms with van der Waals surface area (Å²) in [6.07, 6.45) is 0.951. The number of para-hydroxylation sites is 1. The second kappa shape index (κ2) is 13.5. The summed E-state index contributed by atoms with van der Waals surface area (Å²) in [6, 6.07) is 11.8. The largest absolute Gasteiger partial charge is 0.453 e. The van der Waals surface area contributed by atoms with E-state index >= 15 is 0 Å². The lowest BCUT2D eigenvalue weighted by Gasteiger charge is -2.27. The van der Waals surface area contributed by atoms with Crippen molar-refractivity contribution in [2.45, 2.75) is 67.3 Å². The van der Waals surface area contributed by atoms with Gasteiger partial charge in [0.1, 0.15) is 5.75 Å². The molecule has 1 N–H and O–H groups in total. The van der Waals surface area contributed by atoms with Gasteiger partial charge < -0.3 is 23.5 Å². The fourth-order valence-electron chi connectivity index (χ4n) is 3.08. The van der Waals surface area contributed by atoms with Gasteiger partial charge in [-0.1, -0.05) is 24.3 Å². The van der Waals surface area contributed by atoms with Gasteiger partial charge in [0, 0.05) is 0 Å². The Morgan fingerprint density at radius 2 is 1.46 bits per heavy atom. The molecule has 1 atom stereocenters. The van der Waals surface area contributed by atoms with Crippen LogP contribution in [0.25, 0.3) is 0 Å². The molecule has 0 aliphatic heterocycles. The van der Waals surface area contributed by atoms with Crippen LogP contribution in [0.15, 0.2) is 42.5 Å². The van der Waals surface area contributed by atoms with Crippen LogP contribution >= 0.6 is 8.46 Å². The number of carbonyl (C=O) groups is 2. The van der Waals surface area contributed by atoms with E-state index in [9.17, 15) is 22.6 Å². The van der Waals surface area contributed by atoms with Crippen molar-refractivity contribution < 1.29 is 46.1 Å². The van der Waals surface area contributed by atoms with Gasteiger partial charge in [-0.15, -0.1) is 0 Å². The van der Waals surface area contributed by atoms with E-state index < -0.39 is 47.8 Å². The van der Waals surface area contributed by atoms with Crippen LogP contribution in [0.3, 0.4) is 0 Å². The number of unbranched alkanes of at least 4 members (excludes halogenated alkanes) is 1. The van der Waals surface area contributed by atoms with Gasteiger partial charge in [-0.05, 0) is 84.6 Å². The van der Waals surface area contributed by atoms with Crippen molar-refractivity contribution in [2.75, 3.05) is 5.75 Å². The van der Waals surface area contributed by atoms with Gasteiger partial charge in [0.05, 0.1) is 30.3 Å². The smallest absolute Gasteiger partial charge is 0.410 e. The van der Waals surface area contributed by atoms with Crippen LogP contribution in [-0.2, 0) is 40.2 Å². The highest BCUT2D eigenvalue weighted by molar-refractivity contribution is 7.85. The molecule has 0 fully saturated rings. The van der Waals surface area contributed by atoms with E-state index in [1.165, 1.54) is 6.07 Å². The van der Waals surface area contributed by atoms with Gasteiger partial charge in [0.15, 0.2) is 11.5 Å². The highest BCUT2D eigenvalue weighted by Crippen LogP contribution is 2.35. The molecule has 0 aromatic heterocycles. The van der Waals surface area contributed by atoms with E-state index in [0.717, 1.165) is 0 Å². The number of esters is 2. The molecular formula is C27H37O10PS. The van der Waals surface area contributed by atoms with Crippen LogP contribution in [0.2, 0.25) is 0 Å². The summed E-state index contributed by atoms with van der Waals surface area (Å²) in [6.45, 7) is 8.07. The molecule has 10 nitrogen and oxygen atoms in total. The molecular weight excluding hydrogens is 547 g/mol. The van der Waals surface area contributed by atoms with Crippen molar-refractivity contribution in [3.05, 3.63) is 48.0 Å². The average Bonchev–Trinajstić information content (AvgIpc) is 2.82. The Balaban J connectivity index is 2.48. The number of ether oxygens (including phenoxy) is 4. The van der Waals surface area contributed by atoms with Crippen molar-refractivity contribution in [3.8, 4) is 17.2 Å². The van der Waals surface area contributed by atoms with Crippen molar-refractivity contribution in [1.29, 1.82) is 0 Å². The highest BCUT2D eigenvalue weighted by atomic mass is 32.2. The van der Waals surface area contributed by atoms with Gasteiger partial charge in [-0.3, -0.25) is 14.1 Å². The lowest BCUT2D eigenvalue weighted by molar-refractivity contribution is -0.245. The standard InChI is InChI=1S/C27H37O10PS/c1-26(2,3)23(28)36-25(37-24(29)27(4,5)6)35-20-16-15-18(12-10-11-17-39(31,32)33)22(38-30)21(20)34-19-13-8-7-9-14-19/h7-9,13-16,25H,10-12,17,38H2,1-6H3,(H,31,32,33). The molecule has 39 heavy (non-hydrogen) atoms. The second-order valence-electron chi connectivity index (χ2n) is 11.0. The molecule has 0 aliphatic rings. The van der Waals surface area contributed by atoms with Crippen LogP contribution < -0.4 is 14.8 Å². The minimum absolute atomic E-state index is 0.0207. The first kappa shape index (κ1) is 32.3. The lowest BCUT2D eigenvalue weighted by atomic mass is 9.97. The molecule has 0 saturated carbocycles. The zero-order valence-electron chi connectivity index (χ0n) is 23.1. The van der Waals surface area contributed by atoms with Crippen molar-refractivity contribution >= 4 is 35.8 Å². The van der Waals surface area contributed by atoms with Crippen molar-refractivity contribution in [2.24, 2.45) is 10.8 Å². The van der Waals surface area contributed by atoms with Crippen LogP contribution in [0.1, 0.15) is 59.9 Å². The van der Waals surface area contributed by atoms with E-state index in [-0.39, 0.29) is 23.7 Å². The molecule has 0 spiro atoms. The summed E-state index contributed by atoms with van der Waals surface area (Å²) < 4.78 is 66.2. The molecule has 12 heteroatoms. The first-order valence-corrected chi connectivity index (χ1v) is 15.0. The third-order valence-electron chi connectivity index (χ3n) is 5.28. The van der Waals surface area contributed by atoms with Gasteiger partial charge in [-0.25, -0.2) is 0 Å². The minimum Gasteiger partial charge on any atom is -0.453 e. The molecule has 0 radical (unpaired) electrons. The van der Waals surface area contributed by atoms with Crippen LogP contribution in [0.4, 0.5) is 0 Å². The fraction of sp³-hybridized carbons (Fsp3) is 0.481. The van der Waals surface area contributed by atoms with E-state index in [2.05, 4.69) is 0 Å². The molecule has 2 aromatic rings. The van der Waals surface area contributed by atoms with Gasteiger partial charge in [0.2, 0.25) is 0 Å². The van der Waals surface area contributed by atoms with Crippen LogP contribution in [0, 0.1) is 10.8 Å². The summed E-state index contributed by atoms with van der Waals surface area (Å²) in [5, 5.41) is 0.325. The molecule has 0 bridgehead atoms. The molecule has 216 valence electrons. The molecule has 1 unspecified atom stereocenters. The number of rotatable bonds is 12. The minimum atomic E-state index is -4.09. The summed E-state index contributed by atoms with van der Waals surface area (Å²) in [7, 11) is -5.65. The quantitative estimate of drug-likeness (QED) is 0.120. The zero-order valence-corrected chi connectivity index (χ0v) is 25.0. The normalized spacial score (nSPS) is 12.5. The molecule has 0 heterocycles. The van der Waals surface area contributed by atoms with Crippen molar-refractivity contribution in [1.82, 2.24) is 0 Å². The summed E-state index contributed by atoms with van der Waals surface area (Å²) in [4.78, 5) is 25.3. The fourth-order valence-corrected chi connectivity index (χ4v) is 4.35. The Kier molecular flexibility index (Phi) is 11.2. The topological polar surface area (TPSA) is 142 Å². The lowest BCUT2D eigenvalue weighted by Crippen LogP contribution is -2.37. The predicted octanol–water partition coefficient (Wildman–Crippen LogP) is 4.91. The number of hydrogen-bond donors (Lipinski definition) is 1. The van der Waals surface area contributed by atoms with Gasteiger partial charge in [-0.2, -0.15) is 8.42 Å². The van der Waals surface area contributed by atoms with Crippen LogP contribution in [0.5, 0.6) is 17.2 Å². The molecule has 2 rings (SSSR count). The van der Waals surface area contributed by atoms with E-state index in [1.54, 1.807) is 77.9 Å². The Bertz CT molecular complexity index is 1230. The second-order valence-corrected chi connectivity index (χ2v) is 13.3. The summed E-state index contributed by atoms with van der Waals surface area (Å²) in [5.41, 5.74) is -1.21. The summed E-state index contributed by atoms with van der Waals surface area (Å²) in [5.74, 6) is -1.22. The van der Waals surface area contributed by atoms with Crippen molar-refractivity contribution in [3.63, 3.8) is 0 Å². The molecule has 0 amide bonds. The Labute approximate surface area is 230 Å². The van der Waals surface area contributed by atoms with E-state index in [4.69, 9.17) is 23.5 Å². The highest BCUT2D eigenvalue weighted by Gasteiger charge is 2.33. The van der Waals surface area contributed by atoms with E-state index in [0.29, 0.717) is 29.5 Å². The third-order valence-corrected chi connectivity index (χ3v) is 6.96.